The number of nitrogens with zero attached hydrogens (tertiary/aromatic N) is 2. The molecule has 38 heavy (non-hydrogen) atoms. The number of rotatable bonds is 9. The number of thiocarbonyl (C=S) groups is 1. The predicted octanol–water partition coefficient (Wildman–Crippen LogP) is 5.73. The fraction of sp³-hybridized carbons (Fsp3) is 0.148. The Morgan fingerprint density at radius 2 is 1.79 bits per heavy atom. The highest BCUT2D eigenvalue weighted by Crippen LogP contribution is 2.37. The molecule has 0 radical (unpaired) electrons. The molecule has 2 amide bonds. The molecule has 3 aromatic rings. The third-order valence-corrected chi connectivity index (χ3v) is 6.67. The standard InChI is InChI=1S/C27H23N3O6S2/c1-3-35-23-14-18(6-13-22(23)36-16-25(31)28-19-7-4-17(2)5-8-19)15-24-26(32)29(27(37)38-24)20-9-11-21(12-10-20)30(33)34/h4-15H,3,16H2,1-2H3,(H,28,31)/b24-15+. The number of benzene rings is 3. The average molecular weight is 550 g/mol. The van der Waals surface area contributed by atoms with Gasteiger partial charge < -0.3 is 14.8 Å². The number of carbonyl (C=O) groups excluding carboxylic acids is 2. The van der Waals surface area contributed by atoms with E-state index in [2.05, 4.69) is 5.32 Å². The second kappa shape index (κ2) is 11.9. The molecule has 1 heterocycles. The fourth-order valence-corrected chi connectivity index (χ4v) is 4.84. The zero-order valence-corrected chi connectivity index (χ0v) is 22.1. The van der Waals surface area contributed by atoms with Crippen LogP contribution >= 0.6 is 24.0 Å². The van der Waals surface area contributed by atoms with E-state index in [0.717, 1.165) is 17.3 Å². The maximum atomic E-state index is 13.1. The summed E-state index contributed by atoms with van der Waals surface area (Å²) >= 11 is 6.52. The van der Waals surface area contributed by atoms with Crippen molar-refractivity contribution in [3.63, 3.8) is 0 Å². The highest BCUT2D eigenvalue weighted by atomic mass is 32.2. The van der Waals surface area contributed by atoms with Gasteiger partial charge in [0.05, 0.1) is 22.1 Å². The Labute approximate surface area is 228 Å². The first-order chi connectivity index (χ1) is 18.2. The second-order valence-electron chi connectivity index (χ2n) is 8.13. The van der Waals surface area contributed by atoms with E-state index in [1.807, 2.05) is 38.1 Å². The fourth-order valence-electron chi connectivity index (χ4n) is 3.54. The minimum Gasteiger partial charge on any atom is -0.490 e. The van der Waals surface area contributed by atoms with E-state index in [4.69, 9.17) is 21.7 Å². The molecule has 1 aliphatic heterocycles. The van der Waals surface area contributed by atoms with Crippen molar-refractivity contribution >= 4 is 63.3 Å². The molecule has 0 bridgehead atoms. The molecule has 0 saturated carbocycles. The van der Waals surface area contributed by atoms with E-state index in [9.17, 15) is 19.7 Å². The predicted molar refractivity (Wildman–Crippen MR) is 152 cm³/mol. The van der Waals surface area contributed by atoms with Gasteiger partial charge in [-0.3, -0.25) is 24.6 Å². The minimum absolute atomic E-state index is 0.0758. The number of hydrogen-bond donors (Lipinski definition) is 1. The van der Waals surface area contributed by atoms with Crippen LogP contribution in [0.2, 0.25) is 0 Å². The van der Waals surface area contributed by atoms with E-state index in [0.29, 0.717) is 44.3 Å². The third kappa shape index (κ3) is 6.36. The van der Waals surface area contributed by atoms with Gasteiger partial charge in [0, 0.05) is 17.8 Å². The number of nitrogens with one attached hydrogen (secondary N) is 1. The van der Waals surface area contributed by atoms with Crippen molar-refractivity contribution in [1.29, 1.82) is 0 Å². The van der Waals surface area contributed by atoms with Crippen molar-refractivity contribution in [2.45, 2.75) is 13.8 Å². The van der Waals surface area contributed by atoms with E-state index in [1.165, 1.54) is 29.2 Å². The molecule has 11 heteroatoms. The van der Waals surface area contributed by atoms with E-state index < -0.39 is 4.92 Å². The molecule has 3 aromatic carbocycles. The number of carbonyl (C=O) groups is 2. The zero-order chi connectivity index (χ0) is 27.2. The van der Waals surface area contributed by atoms with Gasteiger partial charge in [0.25, 0.3) is 17.5 Å². The van der Waals surface area contributed by atoms with Crippen LogP contribution in [0.3, 0.4) is 0 Å². The van der Waals surface area contributed by atoms with Crippen LogP contribution in [-0.4, -0.2) is 34.3 Å². The highest BCUT2D eigenvalue weighted by Gasteiger charge is 2.33. The molecule has 0 aliphatic carbocycles. The summed E-state index contributed by atoms with van der Waals surface area (Å²) in [7, 11) is 0. The van der Waals surface area contributed by atoms with Gasteiger partial charge in [0.15, 0.2) is 22.4 Å². The number of nitro benzene ring substituents is 1. The molecule has 194 valence electrons. The van der Waals surface area contributed by atoms with Gasteiger partial charge in [-0.1, -0.05) is 47.7 Å². The lowest BCUT2D eigenvalue weighted by atomic mass is 10.1. The van der Waals surface area contributed by atoms with Crippen molar-refractivity contribution in [3.05, 3.63) is 92.9 Å². The van der Waals surface area contributed by atoms with E-state index in [1.54, 1.807) is 24.3 Å². The number of nitro groups is 1. The molecular formula is C27H23N3O6S2. The summed E-state index contributed by atoms with van der Waals surface area (Å²) in [6.45, 7) is 3.96. The molecule has 1 aliphatic rings. The summed E-state index contributed by atoms with van der Waals surface area (Å²) in [6, 6.07) is 18.2. The first-order valence-corrected chi connectivity index (χ1v) is 12.8. The Bertz CT molecular complexity index is 1420. The van der Waals surface area contributed by atoms with Crippen molar-refractivity contribution in [3.8, 4) is 11.5 Å². The maximum absolute atomic E-state index is 13.1. The van der Waals surface area contributed by atoms with Crippen LogP contribution < -0.4 is 19.7 Å². The third-order valence-electron chi connectivity index (χ3n) is 5.37. The van der Waals surface area contributed by atoms with Crippen LogP contribution in [0.4, 0.5) is 17.1 Å². The number of non-ortho nitro benzene ring substituents is 1. The summed E-state index contributed by atoms with van der Waals surface area (Å²) in [4.78, 5) is 37.5. The second-order valence-corrected chi connectivity index (χ2v) is 9.81. The van der Waals surface area contributed by atoms with Gasteiger partial charge in [0.2, 0.25) is 0 Å². The summed E-state index contributed by atoms with van der Waals surface area (Å²) in [6.07, 6.45) is 1.68. The Balaban J connectivity index is 1.47. The first kappa shape index (κ1) is 26.8. The van der Waals surface area contributed by atoms with Crippen molar-refractivity contribution in [1.82, 2.24) is 0 Å². The first-order valence-electron chi connectivity index (χ1n) is 11.5. The van der Waals surface area contributed by atoms with Gasteiger partial charge in [-0.05, 0) is 61.9 Å². The maximum Gasteiger partial charge on any atom is 0.270 e. The Morgan fingerprint density at radius 3 is 2.45 bits per heavy atom. The van der Waals surface area contributed by atoms with Gasteiger partial charge in [-0.15, -0.1) is 0 Å². The summed E-state index contributed by atoms with van der Waals surface area (Å²) in [5, 5.41) is 13.7. The number of ether oxygens (including phenoxy) is 2. The molecule has 0 aromatic heterocycles. The van der Waals surface area contributed by atoms with Gasteiger partial charge in [-0.2, -0.15) is 0 Å². The van der Waals surface area contributed by atoms with Crippen molar-refractivity contribution in [2.24, 2.45) is 0 Å². The topological polar surface area (TPSA) is 111 Å². The molecule has 0 atom stereocenters. The smallest absolute Gasteiger partial charge is 0.270 e. The molecule has 1 saturated heterocycles. The van der Waals surface area contributed by atoms with Crippen LogP contribution in [0.5, 0.6) is 11.5 Å². The van der Waals surface area contributed by atoms with Crippen LogP contribution in [0.1, 0.15) is 18.1 Å². The number of hydrogen-bond acceptors (Lipinski definition) is 8. The highest BCUT2D eigenvalue weighted by molar-refractivity contribution is 8.27. The molecule has 0 spiro atoms. The monoisotopic (exact) mass is 549 g/mol. The summed E-state index contributed by atoms with van der Waals surface area (Å²) in [5.74, 6) is 0.173. The molecule has 1 fully saturated rings. The normalized spacial score (nSPS) is 14.1. The van der Waals surface area contributed by atoms with Crippen molar-refractivity contribution < 1.29 is 24.0 Å². The lowest BCUT2D eigenvalue weighted by Gasteiger charge is -2.14. The number of amides is 2. The van der Waals surface area contributed by atoms with Crippen molar-refractivity contribution in [2.75, 3.05) is 23.4 Å². The van der Waals surface area contributed by atoms with Crippen LogP contribution in [0.15, 0.2) is 71.6 Å². The summed E-state index contributed by atoms with van der Waals surface area (Å²) < 4.78 is 11.7. The van der Waals surface area contributed by atoms with E-state index >= 15 is 0 Å². The van der Waals surface area contributed by atoms with Crippen LogP contribution in [0.25, 0.3) is 6.08 Å². The summed E-state index contributed by atoms with van der Waals surface area (Å²) in [5.41, 5.74) is 2.82. The molecule has 4 rings (SSSR count). The van der Waals surface area contributed by atoms with Crippen LogP contribution in [0, 0.1) is 17.0 Å². The average Bonchev–Trinajstić information content (AvgIpc) is 3.17. The zero-order valence-electron chi connectivity index (χ0n) is 20.5. The Kier molecular flexibility index (Phi) is 8.39. The van der Waals surface area contributed by atoms with Crippen LogP contribution in [-0.2, 0) is 9.59 Å². The lowest BCUT2D eigenvalue weighted by Crippen LogP contribution is -2.27. The molecule has 9 nitrogen and oxygen atoms in total. The Hall–Kier alpha value is -4.22. The molecule has 1 N–H and O–H groups in total. The largest absolute Gasteiger partial charge is 0.490 e. The van der Waals surface area contributed by atoms with Gasteiger partial charge >= 0.3 is 0 Å². The quantitative estimate of drug-likeness (QED) is 0.156. The number of aryl methyl sites for hydroxylation is 1. The molecule has 0 unspecified atom stereocenters. The lowest BCUT2D eigenvalue weighted by molar-refractivity contribution is -0.384. The van der Waals surface area contributed by atoms with Gasteiger partial charge in [0.1, 0.15) is 0 Å². The minimum atomic E-state index is -0.506. The SMILES string of the molecule is CCOc1cc(/C=C2/SC(=S)N(c3ccc([N+](=O)[O-])cc3)C2=O)ccc1OCC(=O)Nc1ccc(C)cc1. The van der Waals surface area contributed by atoms with E-state index in [-0.39, 0.29) is 24.1 Å². The Morgan fingerprint density at radius 1 is 1.08 bits per heavy atom. The number of anilines is 2. The number of thioether (sulfide) groups is 1. The van der Waals surface area contributed by atoms with Gasteiger partial charge in [-0.25, -0.2) is 0 Å². The molecular weight excluding hydrogens is 526 g/mol.